The summed E-state index contributed by atoms with van der Waals surface area (Å²) >= 11 is 0. The molecule has 0 atom stereocenters. The Balaban J connectivity index is 2.35. The predicted octanol–water partition coefficient (Wildman–Crippen LogP) is 2.07. The number of benzene rings is 1. The van der Waals surface area contributed by atoms with Crippen molar-refractivity contribution in [3.05, 3.63) is 35.4 Å². The van der Waals surface area contributed by atoms with Gasteiger partial charge in [-0.15, -0.1) is 0 Å². The maximum absolute atomic E-state index is 11.5. The molecule has 110 valence electrons. The Bertz CT molecular complexity index is 445. The van der Waals surface area contributed by atoms with Crippen LogP contribution < -0.4 is 0 Å². The standard InChI is InChI=1S/C12H14O8/c1-2-3-8-16-18-20-19-17-12(15)10-7-5-4-6-9(10)11(13)14/h4-7H,2-3,8H2,1H3,(H,13,14). The number of aromatic carboxylic acids is 1. The fourth-order valence-corrected chi connectivity index (χ4v) is 1.21. The summed E-state index contributed by atoms with van der Waals surface area (Å²) in [7, 11) is 0. The van der Waals surface area contributed by atoms with Gasteiger partial charge in [-0.25, -0.2) is 14.5 Å². The van der Waals surface area contributed by atoms with Crippen molar-refractivity contribution in [1.29, 1.82) is 0 Å². The van der Waals surface area contributed by atoms with Crippen molar-refractivity contribution in [3.8, 4) is 0 Å². The van der Waals surface area contributed by atoms with E-state index in [4.69, 9.17) is 5.11 Å². The lowest BCUT2D eigenvalue weighted by molar-refractivity contribution is -0.696. The van der Waals surface area contributed by atoms with Crippen molar-refractivity contribution in [1.82, 2.24) is 0 Å². The minimum absolute atomic E-state index is 0.185. The summed E-state index contributed by atoms with van der Waals surface area (Å²) < 4.78 is 0. The molecule has 0 aliphatic carbocycles. The Morgan fingerprint density at radius 3 is 2.45 bits per heavy atom. The van der Waals surface area contributed by atoms with Crippen molar-refractivity contribution in [2.75, 3.05) is 6.61 Å². The molecule has 1 aromatic carbocycles. The maximum Gasteiger partial charge on any atom is 0.377 e. The second kappa shape index (κ2) is 8.99. The molecule has 1 aromatic rings. The summed E-state index contributed by atoms with van der Waals surface area (Å²) in [6.07, 6.45) is 1.67. The Kier molecular flexibility index (Phi) is 7.22. The Morgan fingerprint density at radius 2 is 1.80 bits per heavy atom. The number of carbonyl (C=O) groups excluding carboxylic acids is 1. The third-order valence-electron chi connectivity index (χ3n) is 2.17. The van der Waals surface area contributed by atoms with Crippen LogP contribution in [0.25, 0.3) is 0 Å². The summed E-state index contributed by atoms with van der Waals surface area (Å²) in [4.78, 5) is 31.1. The van der Waals surface area contributed by atoms with Gasteiger partial charge in [0.05, 0.1) is 17.7 Å². The fourth-order valence-electron chi connectivity index (χ4n) is 1.21. The van der Waals surface area contributed by atoms with E-state index in [0.29, 0.717) is 0 Å². The molecule has 0 aliphatic rings. The Morgan fingerprint density at radius 1 is 1.10 bits per heavy atom. The van der Waals surface area contributed by atoms with Gasteiger partial charge >= 0.3 is 11.9 Å². The third kappa shape index (κ3) is 5.33. The first-order valence-corrected chi connectivity index (χ1v) is 5.83. The van der Waals surface area contributed by atoms with Gasteiger partial charge < -0.3 is 5.11 Å². The zero-order chi connectivity index (χ0) is 14.8. The van der Waals surface area contributed by atoms with Crippen LogP contribution in [0.1, 0.15) is 40.5 Å². The van der Waals surface area contributed by atoms with Crippen molar-refractivity contribution >= 4 is 11.9 Å². The lowest BCUT2D eigenvalue weighted by Gasteiger charge is -2.04. The quantitative estimate of drug-likeness (QED) is 0.418. The summed E-state index contributed by atoms with van der Waals surface area (Å²) in [5.74, 6) is -2.31. The van der Waals surface area contributed by atoms with E-state index in [9.17, 15) is 9.59 Å². The molecule has 8 heteroatoms. The molecule has 20 heavy (non-hydrogen) atoms. The molecule has 0 fully saturated rings. The van der Waals surface area contributed by atoms with Gasteiger partial charge in [0.15, 0.2) is 0 Å². The number of carboxylic acids is 1. The van der Waals surface area contributed by atoms with Crippen LogP contribution in [0.4, 0.5) is 0 Å². The van der Waals surface area contributed by atoms with Gasteiger partial charge in [0.1, 0.15) is 0 Å². The highest BCUT2D eigenvalue weighted by Crippen LogP contribution is 2.10. The predicted molar refractivity (Wildman–Crippen MR) is 62.9 cm³/mol. The lowest BCUT2D eigenvalue weighted by Crippen LogP contribution is -2.12. The van der Waals surface area contributed by atoms with Crippen molar-refractivity contribution in [2.24, 2.45) is 0 Å². The van der Waals surface area contributed by atoms with Gasteiger partial charge in [-0.2, -0.15) is 0 Å². The Hall–Kier alpha value is -2.00. The van der Waals surface area contributed by atoms with E-state index >= 15 is 0 Å². The second-order valence-electron chi connectivity index (χ2n) is 3.60. The second-order valence-corrected chi connectivity index (χ2v) is 3.60. The molecule has 0 saturated heterocycles. The molecule has 0 saturated carbocycles. The highest BCUT2D eigenvalue weighted by molar-refractivity contribution is 6.02. The number of rotatable bonds is 9. The van der Waals surface area contributed by atoms with Crippen LogP contribution in [0.15, 0.2) is 24.3 Å². The molecule has 0 radical (unpaired) electrons. The minimum Gasteiger partial charge on any atom is -0.478 e. The van der Waals surface area contributed by atoms with Gasteiger partial charge in [-0.05, 0) is 23.6 Å². The van der Waals surface area contributed by atoms with E-state index in [1.54, 1.807) is 0 Å². The van der Waals surface area contributed by atoms with E-state index in [1.165, 1.54) is 24.3 Å². The monoisotopic (exact) mass is 286 g/mol. The molecule has 0 aliphatic heterocycles. The highest BCUT2D eigenvalue weighted by atomic mass is 17.8. The fraction of sp³-hybridized carbons (Fsp3) is 0.333. The maximum atomic E-state index is 11.5. The molecule has 0 amide bonds. The van der Waals surface area contributed by atoms with Gasteiger partial charge in [0, 0.05) is 10.1 Å². The largest absolute Gasteiger partial charge is 0.478 e. The van der Waals surface area contributed by atoms with E-state index < -0.39 is 11.9 Å². The number of carbonyl (C=O) groups is 2. The number of carboxylic acid groups (broad SMARTS) is 1. The molecular formula is C12H14O8. The van der Waals surface area contributed by atoms with Crippen LogP contribution in [-0.2, 0) is 24.9 Å². The SMILES string of the molecule is CCCCOOOOOC(=O)c1ccccc1C(=O)O. The summed E-state index contributed by atoms with van der Waals surface area (Å²) in [6, 6.07) is 5.48. The number of hydrogen-bond donors (Lipinski definition) is 1. The van der Waals surface area contributed by atoms with Crippen LogP contribution >= 0.6 is 0 Å². The first-order chi connectivity index (χ1) is 9.66. The molecule has 0 bridgehead atoms. The van der Waals surface area contributed by atoms with Gasteiger partial charge in [0.25, 0.3) is 0 Å². The highest BCUT2D eigenvalue weighted by Gasteiger charge is 2.18. The zero-order valence-electron chi connectivity index (χ0n) is 10.7. The van der Waals surface area contributed by atoms with Gasteiger partial charge in [-0.3, -0.25) is 4.89 Å². The van der Waals surface area contributed by atoms with Gasteiger partial charge in [0.2, 0.25) is 0 Å². The summed E-state index contributed by atoms with van der Waals surface area (Å²) in [5.41, 5.74) is -0.406. The lowest BCUT2D eigenvalue weighted by atomic mass is 10.1. The molecule has 0 spiro atoms. The summed E-state index contributed by atoms with van der Waals surface area (Å²) in [6.45, 7) is 2.25. The first-order valence-electron chi connectivity index (χ1n) is 5.83. The first kappa shape index (κ1) is 16.1. The average molecular weight is 286 g/mol. The van der Waals surface area contributed by atoms with Crippen molar-refractivity contribution < 1.29 is 39.6 Å². The summed E-state index contributed by atoms with van der Waals surface area (Å²) in [5, 5.41) is 20.9. The molecule has 0 aromatic heterocycles. The molecule has 1 N–H and O–H groups in total. The average Bonchev–Trinajstić information content (AvgIpc) is 2.46. The van der Waals surface area contributed by atoms with Crippen LogP contribution in [0, 0.1) is 0 Å². The number of unbranched alkanes of at least 4 members (excludes halogenated alkanes) is 1. The van der Waals surface area contributed by atoms with Gasteiger partial charge in [-0.1, -0.05) is 25.5 Å². The minimum atomic E-state index is -1.27. The topological polar surface area (TPSA) is 101 Å². The van der Waals surface area contributed by atoms with E-state index in [2.05, 4.69) is 24.9 Å². The van der Waals surface area contributed by atoms with E-state index in [0.717, 1.165) is 12.8 Å². The molecule has 0 unspecified atom stereocenters. The molecular weight excluding hydrogens is 272 g/mol. The molecule has 0 heterocycles. The zero-order valence-corrected chi connectivity index (χ0v) is 10.7. The van der Waals surface area contributed by atoms with Crippen LogP contribution in [-0.4, -0.2) is 23.7 Å². The Labute approximate surface area is 114 Å². The third-order valence-corrected chi connectivity index (χ3v) is 2.17. The molecule has 8 nitrogen and oxygen atoms in total. The number of hydrogen-bond acceptors (Lipinski definition) is 7. The van der Waals surface area contributed by atoms with Crippen LogP contribution in [0.2, 0.25) is 0 Å². The van der Waals surface area contributed by atoms with Crippen LogP contribution in [0.5, 0.6) is 0 Å². The molecule has 1 rings (SSSR count). The smallest absolute Gasteiger partial charge is 0.377 e. The van der Waals surface area contributed by atoms with Crippen molar-refractivity contribution in [2.45, 2.75) is 19.8 Å². The van der Waals surface area contributed by atoms with E-state index in [1.807, 2.05) is 6.92 Å². The normalized spacial score (nSPS) is 10.2. The van der Waals surface area contributed by atoms with E-state index in [-0.39, 0.29) is 17.7 Å². The van der Waals surface area contributed by atoms with Crippen LogP contribution in [0.3, 0.4) is 0 Å². The van der Waals surface area contributed by atoms with Crippen molar-refractivity contribution in [3.63, 3.8) is 0 Å².